The molecule has 0 radical (unpaired) electrons. The number of rotatable bonds is 5. The Morgan fingerprint density at radius 1 is 1.35 bits per heavy atom. The van der Waals surface area contributed by atoms with Crippen LogP contribution in [-0.2, 0) is 6.54 Å². The van der Waals surface area contributed by atoms with Gasteiger partial charge in [0, 0.05) is 19.2 Å². The van der Waals surface area contributed by atoms with Crippen LogP contribution in [0.2, 0.25) is 0 Å². The minimum absolute atomic E-state index is 0.00105. The van der Waals surface area contributed by atoms with E-state index < -0.39 is 0 Å². The summed E-state index contributed by atoms with van der Waals surface area (Å²) in [5, 5.41) is 14.0. The van der Waals surface area contributed by atoms with Gasteiger partial charge in [0.05, 0.1) is 24.0 Å². The fourth-order valence-electron chi connectivity index (χ4n) is 2.23. The average molecular weight is 274 g/mol. The molecule has 0 spiro atoms. The van der Waals surface area contributed by atoms with Crippen molar-refractivity contribution in [1.29, 1.82) is 0 Å². The van der Waals surface area contributed by atoms with E-state index in [1.165, 1.54) is 0 Å². The van der Waals surface area contributed by atoms with E-state index in [2.05, 4.69) is 5.10 Å². The lowest BCUT2D eigenvalue weighted by molar-refractivity contribution is 0.269. The first kappa shape index (κ1) is 14.6. The van der Waals surface area contributed by atoms with E-state index in [0.717, 1.165) is 22.8 Å². The molecule has 20 heavy (non-hydrogen) atoms. The van der Waals surface area contributed by atoms with Gasteiger partial charge in [-0.3, -0.25) is 0 Å². The van der Waals surface area contributed by atoms with Gasteiger partial charge in [-0.25, -0.2) is 4.68 Å². The Hall–Kier alpha value is -1.85. The van der Waals surface area contributed by atoms with Crippen LogP contribution in [0, 0.1) is 6.92 Å². The van der Waals surface area contributed by atoms with Gasteiger partial charge in [0.15, 0.2) is 0 Å². The number of para-hydroxylation sites is 1. The zero-order chi connectivity index (χ0) is 14.7. The first-order chi connectivity index (χ1) is 9.60. The Morgan fingerprint density at radius 2 is 2.00 bits per heavy atom. The van der Waals surface area contributed by atoms with Crippen LogP contribution in [0.5, 0.6) is 0 Å². The maximum atomic E-state index is 9.40. The Balaban J connectivity index is 2.58. The van der Waals surface area contributed by atoms with Gasteiger partial charge < -0.3 is 15.7 Å². The number of aliphatic hydroxyl groups excluding tert-OH is 1. The van der Waals surface area contributed by atoms with Gasteiger partial charge in [0.1, 0.15) is 5.82 Å². The molecule has 1 aromatic heterocycles. The third kappa shape index (κ3) is 2.55. The molecule has 0 aliphatic heterocycles. The van der Waals surface area contributed by atoms with Gasteiger partial charge in [-0.15, -0.1) is 0 Å². The molecule has 0 fully saturated rings. The second-order valence-corrected chi connectivity index (χ2v) is 4.98. The van der Waals surface area contributed by atoms with Crippen molar-refractivity contribution in [3.63, 3.8) is 0 Å². The minimum Gasteiger partial charge on any atom is -0.394 e. The molecule has 3 N–H and O–H groups in total. The molecule has 2 rings (SSSR count). The van der Waals surface area contributed by atoms with Crippen molar-refractivity contribution in [3.05, 3.63) is 41.6 Å². The van der Waals surface area contributed by atoms with Gasteiger partial charge in [-0.1, -0.05) is 18.2 Å². The van der Waals surface area contributed by atoms with Gasteiger partial charge >= 0.3 is 0 Å². The molecular weight excluding hydrogens is 252 g/mol. The highest BCUT2D eigenvalue weighted by Gasteiger charge is 2.21. The molecule has 0 amide bonds. The highest BCUT2D eigenvalue weighted by Crippen LogP contribution is 2.27. The Kier molecular flexibility index (Phi) is 4.42. The molecule has 0 saturated carbocycles. The molecule has 1 heterocycles. The maximum absolute atomic E-state index is 9.40. The van der Waals surface area contributed by atoms with Crippen LogP contribution < -0.4 is 10.6 Å². The molecule has 5 nitrogen and oxygen atoms in total. The summed E-state index contributed by atoms with van der Waals surface area (Å²) in [5.74, 6) is 0.942. The molecule has 1 unspecified atom stereocenters. The second-order valence-electron chi connectivity index (χ2n) is 4.98. The topological polar surface area (TPSA) is 67.3 Å². The molecule has 108 valence electrons. The number of aliphatic hydroxyl groups is 1. The number of hydrogen-bond donors (Lipinski definition) is 2. The summed E-state index contributed by atoms with van der Waals surface area (Å²) in [7, 11) is 1.95. The van der Waals surface area contributed by atoms with Gasteiger partial charge in [-0.05, 0) is 26.0 Å². The lowest BCUT2D eigenvalue weighted by atomic mass is 10.2. The summed E-state index contributed by atoms with van der Waals surface area (Å²) in [5.41, 5.74) is 8.80. The van der Waals surface area contributed by atoms with E-state index in [9.17, 15) is 5.11 Å². The summed E-state index contributed by atoms with van der Waals surface area (Å²) in [6, 6.07) is 9.95. The minimum atomic E-state index is -0.00105. The Morgan fingerprint density at radius 3 is 2.55 bits per heavy atom. The Labute approximate surface area is 119 Å². The molecule has 0 aliphatic rings. The summed E-state index contributed by atoms with van der Waals surface area (Å²) >= 11 is 0. The highest BCUT2D eigenvalue weighted by molar-refractivity contribution is 5.55. The largest absolute Gasteiger partial charge is 0.394 e. The van der Waals surface area contributed by atoms with Crippen LogP contribution in [0.1, 0.15) is 18.2 Å². The zero-order valence-corrected chi connectivity index (χ0v) is 12.2. The predicted octanol–water partition coefficient (Wildman–Crippen LogP) is 1.46. The quantitative estimate of drug-likeness (QED) is 0.866. The van der Waals surface area contributed by atoms with E-state index in [-0.39, 0.29) is 12.6 Å². The van der Waals surface area contributed by atoms with E-state index in [4.69, 9.17) is 5.73 Å². The number of hydrogen-bond acceptors (Lipinski definition) is 4. The number of likely N-dealkylation sites (N-methyl/N-ethyl adjacent to an activating group) is 1. The van der Waals surface area contributed by atoms with E-state index >= 15 is 0 Å². The van der Waals surface area contributed by atoms with E-state index in [0.29, 0.717) is 6.54 Å². The number of nitrogens with two attached hydrogens (primary N) is 1. The molecule has 0 saturated heterocycles. The Bertz CT molecular complexity index is 565. The normalized spacial score (nSPS) is 12.4. The lowest BCUT2D eigenvalue weighted by Crippen LogP contribution is -2.34. The van der Waals surface area contributed by atoms with Crippen LogP contribution in [0.25, 0.3) is 5.69 Å². The number of nitrogens with zero attached hydrogens (tertiary/aromatic N) is 3. The molecule has 1 aromatic carbocycles. The summed E-state index contributed by atoms with van der Waals surface area (Å²) in [6.07, 6.45) is 0. The molecule has 0 bridgehead atoms. The van der Waals surface area contributed by atoms with Crippen LogP contribution in [-0.4, -0.2) is 34.6 Å². The fourth-order valence-corrected chi connectivity index (χ4v) is 2.23. The first-order valence-electron chi connectivity index (χ1n) is 6.77. The molecule has 5 heteroatoms. The fraction of sp³-hybridized carbons (Fsp3) is 0.400. The molecule has 2 aromatic rings. The highest BCUT2D eigenvalue weighted by atomic mass is 16.3. The molecule has 1 atom stereocenters. The summed E-state index contributed by atoms with van der Waals surface area (Å²) < 4.78 is 1.89. The van der Waals surface area contributed by atoms with Crippen molar-refractivity contribution >= 4 is 5.82 Å². The molecule has 0 aliphatic carbocycles. The molecular formula is C15H22N4O. The standard InChI is InChI=1S/C15H22N4O/c1-11(10-20)18(3)15-14(9-16)12(2)17-19(15)13-7-5-4-6-8-13/h4-8,11,20H,9-10,16H2,1-3H3. The van der Waals surface area contributed by atoms with Gasteiger partial charge in [0.25, 0.3) is 0 Å². The smallest absolute Gasteiger partial charge is 0.137 e. The second kappa shape index (κ2) is 6.07. The van der Waals surface area contributed by atoms with Gasteiger partial charge in [0.2, 0.25) is 0 Å². The van der Waals surface area contributed by atoms with Crippen molar-refractivity contribution in [3.8, 4) is 5.69 Å². The number of aromatic nitrogens is 2. The first-order valence-corrected chi connectivity index (χ1v) is 6.77. The van der Waals surface area contributed by atoms with Crippen molar-refractivity contribution in [2.24, 2.45) is 5.73 Å². The number of anilines is 1. The zero-order valence-electron chi connectivity index (χ0n) is 12.2. The van der Waals surface area contributed by atoms with Crippen molar-refractivity contribution in [2.75, 3.05) is 18.6 Å². The van der Waals surface area contributed by atoms with E-state index in [1.54, 1.807) is 0 Å². The van der Waals surface area contributed by atoms with Crippen molar-refractivity contribution in [2.45, 2.75) is 26.4 Å². The third-order valence-corrected chi connectivity index (χ3v) is 3.62. The van der Waals surface area contributed by atoms with Crippen molar-refractivity contribution in [1.82, 2.24) is 9.78 Å². The SMILES string of the molecule is Cc1nn(-c2ccccc2)c(N(C)C(C)CO)c1CN. The summed E-state index contributed by atoms with van der Waals surface area (Å²) in [4.78, 5) is 2.02. The number of benzene rings is 1. The lowest BCUT2D eigenvalue weighted by Gasteiger charge is -2.27. The maximum Gasteiger partial charge on any atom is 0.137 e. The third-order valence-electron chi connectivity index (χ3n) is 3.62. The van der Waals surface area contributed by atoms with Gasteiger partial charge in [-0.2, -0.15) is 5.10 Å². The average Bonchev–Trinajstić information content (AvgIpc) is 2.83. The van der Waals surface area contributed by atoms with Crippen LogP contribution in [0.4, 0.5) is 5.82 Å². The van der Waals surface area contributed by atoms with Crippen LogP contribution in [0.15, 0.2) is 30.3 Å². The monoisotopic (exact) mass is 274 g/mol. The number of aryl methyl sites for hydroxylation is 1. The van der Waals surface area contributed by atoms with Crippen LogP contribution >= 0.6 is 0 Å². The van der Waals surface area contributed by atoms with Crippen LogP contribution in [0.3, 0.4) is 0 Å². The van der Waals surface area contributed by atoms with E-state index in [1.807, 2.05) is 60.8 Å². The predicted molar refractivity (Wildman–Crippen MR) is 81.1 cm³/mol. The van der Waals surface area contributed by atoms with Crippen molar-refractivity contribution < 1.29 is 5.11 Å². The summed E-state index contributed by atoms with van der Waals surface area (Å²) in [6.45, 7) is 4.44.